The molecule has 3 rings (SSSR count). The van der Waals surface area contributed by atoms with Gasteiger partial charge >= 0.3 is 0 Å². The van der Waals surface area contributed by atoms with E-state index in [1.165, 1.54) is 0 Å². The molecule has 0 radical (unpaired) electrons. The molecule has 0 unspecified atom stereocenters. The second-order valence-electron chi connectivity index (χ2n) is 5.46. The molecule has 0 aromatic carbocycles. The van der Waals surface area contributed by atoms with E-state index in [4.69, 9.17) is 0 Å². The van der Waals surface area contributed by atoms with Crippen LogP contribution >= 0.6 is 0 Å². The van der Waals surface area contributed by atoms with Crippen molar-refractivity contribution in [3.05, 3.63) is 39.8 Å². The van der Waals surface area contributed by atoms with Crippen molar-refractivity contribution in [2.45, 2.75) is 27.7 Å². The highest BCUT2D eigenvalue weighted by atomic mass is 16.3. The number of fused-ring (bicyclic) bond motifs is 1. The summed E-state index contributed by atoms with van der Waals surface area (Å²) in [6.07, 6.45) is 1.81. The molecule has 1 amide bonds. The molecule has 0 saturated carbocycles. The Hall–Kier alpha value is -2.56. The maximum absolute atomic E-state index is 12.2. The monoisotopic (exact) mass is 283 g/mol. The Morgan fingerprint density at radius 3 is 2.57 bits per heavy atom. The molecule has 2 aromatic heterocycles. The van der Waals surface area contributed by atoms with Gasteiger partial charge in [-0.2, -0.15) is 0 Å². The first-order valence-electron chi connectivity index (χ1n) is 6.78. The van der Waals surface area contributed by atoms with Gasteiger partial charge in [0.2, 0.25) is 0 Å². The van der Waals surface area contributed by atoms with Crippen molar-refractivity contribution in [3.63, 3.8) is 0 Å². The van der Waals surface area contributed by atoms with Crippen LogP contribution in [0.2, 0.25) is 0 Å². The predicted octanol–water partition coefficient (Wildman–Crippen LogP) is 2.84. The van der Waals surface area contributed by atoms with Gasteiger partial charge in [0, 0.05) is 22.5 Å². The average molecular weight is 283 g/mol. The fourth-order valence-electron chi connectivity index (χ4n) is 2.73. The zero-order valence-electron chi connectivity index (χ0n) is 12.5. The number of carbonyl (C=O) groups is 1. The van der Waals surface area contributed by atoms with Gasteiger partial charge < -0.3 is 15.4 Å². The number of nitrogens with one attached hydrogen (secondary N) is 2. The van der Waals surface area contributed by atoms with Crippen molar-refractivity contribution < 1.29 is 9.90 Å². The van der Waals surface area contributed by atoms with Gasteiger partial charge in [-0.1, -0.05) is 0 Å². The third kappa shape index (κ3) is 2.01. The number of aromatic amines is 1. The van der Waals surface area contributed by atoms with Gasteiger partial charge in [0.25, 0.3) is 5.91 Å². The van der Waals surface area contributed by atoms with Crippen molar-refractivity contribution in [2.75, 3.05) is 5.32 Å². The fraction of sp³-hybridized carbons (Fsp3) is 0.250. The van der Waals surface area contributed by atoms with Crippen LogP contribution in [0.15, 0.2) is 6.07 Å². The summed E-state index contributed by atoms with van der Waals surface area (Å²) >= 11 is 0. The molecule has 0 bridgehead atoms. The van der Waals surface area contributed by atoms with Gasteiger partial charge in [0.15, 0.2) is 0 Å². The lowest BCUT2D eigenvalue weighted by atomic mass is 10.0. The summed E-state index contributed by atoms with van der Waals surface area (Å²) in [5.41, 5.74) is 5.39. The van der Waals surface area contributed by atoms with E-state index >= 15 is 0 Å². The van der Waals surface area contributed by atoms with E-state index in [0.717, 1.165) is 17.0 Å². The molecule has 1 aliphatic heterocycles. The highest BCUT2D eigenvalue weighted by Gasteiger charge is 2.29. The minimum atomic E-state index is -0.197. The van der Waals surface area contributed by atoms with Crippen molar-refractivity contribution in [2.24, 2.45) is 0 Å². The van der Waals surface area contributed by atoms with Gasteiger partial charge in [0.05, 0.1) is 11.3 Å². The maximum Gasteiger partial charge on any atom is 0.257 e. The number of nitrogens with zero attached hydrogens (tertiary/aromatic N) is 1. The SMILES string of the molecule is Cc1cc(C)c(C=C2C(=O)Nc3nc(C)c(O)c(C)c32)[nH]1. The fourth-order valence-corrected chi connectivity index (χ4v) is 2.73. The maximum atomic E-state index is 12.2. The summed E-state index contributed by atoms with van der Waals surface area (Å²) < 4.78 is 0. The third-order valence-electron chi connectivity index (χ3n) is 3.81. The summed E-state index contributed by atoms with van der Waals surface area (Å²) in [4.78, 5) is 19.7. The second kappa shape index (κ2) is 4.48. The number of aromatic nitrogens is 2. The molecular formula is C16H17N3O2. The van der Waals surface area contributed by atoms with Crippen LogP contribution in [0.5, 0.6) is 5.75 Å². The zero-order valence-corrected chi connectivity index (χ0v) is 12.5. The number of pyridine rings is 1. The van der Waals surface area contributed by atoms with Crippen molar-refractivity contribution in [1.82, 2.24) is 9.97 Å². The van der Waals surface area contributed by atoms with E-state index in [-0.39, 0.29) is 11.7 Å². The molecule has 3 heterocycles. The third-order valence-corrected chi connectivity index (χ3v) is 3.81. The van der Waals surface area contributed by atoms with Crippen LogP contribution in [-0.4, -0.2) is 21.0 Å². The lowest BCUT2D eigenvalue weighted by Crippen LogP contribution is -2.04. The molecule has 1 aliphatic rings. The molecule has 0 aliphatic carbocycles. The summed E-state index contributed by atoms with van der Waals surface area (Å²) in [5, 5.41) is 12.8. The van der Waals surface area contributed by atoms with Crippen LogP contribution in [0.3, 0.4) is 0 Å². The quantitative estimate of drug-likeness (QED) is 0.704. The minimum absolute atomic E-state index is 0.135. The van der Waals surface area contributed by atoms with Crippen molar-refractivity contribution in [1.29, 1.82) is 0 Å². The van der Waals surface area contributed by atoms with E-state index in [1.807, 2.05) is 26.0 Å². The highest BCUT2D eigenvalue weighted by Crippen LogP contribution is 2.39. The number of hydrogen-bond donors (Lipinski definition) is 3. The van der Waals surface area contributed by atoms with Gasteiger partial charge in [-0.25, -0.2) is 4.98 Å². The number of anilines is 1. The molecule has 0 spiro atoms. The van der Waals surface area contributed by atoms with E-state index in [0.29, 0.717) is 28.2 Å². The number of carbonyl (C=O) groups excluding carboxylic acids is 1. The predicted molar refractivity (Wildman–Crippen MR) is 82.1 cm³/mol. The molecule has 0 fully saturated rings. The van der Waals surface area contributed by atoms with Crippen molar-refractivity contribution in [3.8, 4) is 5.75 Å². The first-order chi connectivity index (χ1) is 9.88. The number of rotatable bonds is 1. The minimum Gasteiger partial charge on any atom is -0.506 e. The highest BCUT2D eigenvalue weighted by molar-refractivity contribution is 6.34. The largest absolute Gasteiger partial charge is 0.506 e. The zero-order chi connectivity index (χ0) is 15.3. The number of aromatic hydroxyl groups is 1. The van der Waals surface area contributed by atoms with Gasteiger partial charge in [-0.3, -0.25) is 4.79 Å². The number of amides is 1. The molecule has 0 saturated heterocycles. The van der Waals surface area contributed by atoms with E-state index in [1.54, 1.807) is 13.8 Å². The first-order valence-corrected chi connectivity index (χ1v) is 6.78. The number of aryl methyl sites for hydroxylation is 3. The molecule has 21 heavy (non-hydrogen) atoms. The second-order valence-corrected chi connectivity index (χ2v) is 5.46. The molecule has 3 N–H and O–H groups in total. The molecule has 108 valence electrons. The molecular weight excluding hydrogens is 266 g/mol. The van der Waals surface area contributed by atoms with Crippen LogP contribution in [0.4, 0.5) is 5.82 Å². The smallest absolute Gasteiger partial charge is 0.257 e. The summed E-state index contributed by atoms with van der Waals surface area (Å²) in [6, 6.07) is 2.03. The molecule has 2 aromatic rings. The topological polar surface area (TPSA) is 78.0 Å². The van der Waals surface area contributed by atoms with Gasteiger partial charge in [-0.15, -0.1) is 0 Å². The molecule has 5 heteroatoms. The molecule has 0 atom stereocenters. The number of H-pyrrole nitrogens is 1. The lowest BCUT2D eigenvalue weighted by Gasteiger charge is -2.08. The van der Waals surface area contributed by atoms with E-state index < -0.39 is 0 Å². The lowest BCUT2D eigenvalue weighted by molar-refractivity contribution is -0.110. The Labute approximate surface area is 122 Å². The van der Waals surface area contributed by atoms with Crippen LogP contribution in [0.1, 0.15) is 33.8 Å². The standard InChI is InChI=1S/C16H17N3O2/c1-7-5-8(2)17-12(7)6-11-13-9(3)14(20)10(4)18-15(13)19-16(11)21/h5-6,17,20H,1-4H3,(H,18,19,21). The van der Waals surface area contributed by atoms with Gasteiger partial charge in [-0.05, 0) is 45.4 Å². The summed E-state index contributed by atoms with van der Waals surface area (Å²) in [7, 11) is 0. The van der Waals surface area contributed by atoms with E-state index in [9.17, 15) is 9.90 Å². The van der Waals surface area contributed by atoms with Crippen molar-refractivity contribution >= 4 is 23.4 Å². The Kier molecular flexibility index (Phi) is 2.86. The van der Waals surface area contributed by atoms with Crippen LogP contribution in [0, 0.1) is 27.7 Å². The van der Waals surface area contributed by atoms with Crippen LogP contribution in [-0.2, 0) is 4.79 Å². The van der Waals surface area contributed by atoms with Crippen LogP contribution in [0.25, 0.3) is 11.6 Å². The Balaban J connectivity index is 2.22. The normalized spacial score (nSPS) is 15.4. The summed E-state index contributed by atoms with van der Waals surface area (Å²) in [6.45, 7) is 7.47. The van der Waals surface area contributed by atoms with Crippen LogP contribution < -0.4 is 5.32 Å². The Morgan fingerprint density at radius 2 is 1.95 bits per heavy atom. The van der Waals surface area contributed by atoms with E-state index in [2.05, 4.69) is 15.3 Å². The van der Waals surface area contributed by atoms with Gasteiger partial charge in [0.1, 0.15) is 11.6 Å². The number of hydrogen-bond acceptors (Lipinski definition) is 3. The Bertz CT molecular complexity index is 800. The summed E-state index contributed by atoms with van der Waals surface area (Å²) in [5.74, 6) is 0.452. The Morgan fingerprint density at radius 1 is 1.24 bits per heavy atom. The average Bonchev–Trinajstić information content (AvgIpc) is 2.88. The molecule has 5 nitrogen and oxygen atoms in total. The first kappa shape index (κ1) is 13.4.